The number of piperidine rings is 1. The lowest BCUT2D eigenvalue weighted by Gasteiger charge is -2.45. The van der Waals surface area contributed by atoms with Crippen molar-refractivity contribution in [3.8, 4) is 0 Å². The van der Waals surface area contributed by atoms with Gasteiger partial charge in [-0.2, -0.15) is 0 Å². The summed E-state index contributed by atoms with van der Waals surface area (Å²) in [4.78, 5) is 27.0. The SMILES string of the molecule is CC(C)(C)OC(=O)NC1CCN(C(=O)C2(c3ccc(F)cc3)CCC2)CC1. The zero-order valence-electron chi connectivity index (χ0n) is 16.4. The number of ether oxygens (including phenoxy) is 1. The summed E-state index contributed by atoms with van der Waals surface area (Å²) in [5, 5.41) is 2.90. The van der Waals surface area contributed by atoms with E-state index in [0.717, 1.165) is 24.8 Å². The van der Waals surface area contributed by atoms with Gasteiger partial charge in [0.2, 0.25) is 5.91 Å². The number of nitrogens with one attached hydrogen (secondary N) is 1. The van der Waals surface area contributed by atoms with E-state index in [-0.39, 0.29) is 17.8 Å². The number of amides is 2. The Hall–Kier alpha value is -2.11. The van der Waals surface area contributed by atoms with Gasteiger partial charge in [0.25, 0.3) is 0 Å². The Morgan fingerprint density at radius 1 is 1.15 bits per heavy atom. The molecule has 0 spiro atoms. The number of halogens is 1. The molecule has 1 aliphatic carbocycles. The van der Waals surface area contributed by atoms with Crippen LogP contribution in [0.1, 0.15) is 58.4 Å². The van der Waals surface area contributed by atoms with Gasteiger partial charge < -0.3 is 15.0 Å². The number of carbonyl (C=O) groups excluding carboxylic acids is 2. The minimum Gasteiger partial charge on any atom is -0.444 e. The quantitative estimate of drug-likeness (QED) is 0.874. The van der Waals surface area contributed by atoms with E-state index in [4.69, 9.17) is 4.74 Å². The molecule has 0 unspecified atom stereocenters. The van der Waals surface area contributed by atoms with Gasteiger partial charge in [-0.3, -0.25) is 4.79 Å². The molecule has 3 rings (SSSR count). The molecule has 1 aromatic carbocycles. The fraction of sp³-hybridized carbons (Fsp3) is 0.619. The zero-order chi connectivity index (χ0) is 19.7. The van der Waals surface area contributed by atoms with Gasteiger partial charge in [0, 0.05) is 19.1 Å². The molecule has 1 saturated heterocycles. The Bertz CT molecular complexity index is 684. The van der Waals surface area contributed by atoms with Crippen LogP contribution < -0.4 is 5.32 Å². The molecular weight excluding hydrogens is 347 g/mol. The molecule has 0 bridgehead atoms. The van der Waals surface area contributed by atoms with Gasteiger partial charge in [0.1, 0.15) is 11.4 Å². The first-order valence-electron chi connectivity index (χ1n) is 9.75. The largest absolute Gasteiger partial charge is 0.444 e. The highest BCUT2D eigenvalue weighted by Crippen LogP contribution is 2.45. The van der Waals surface area contributed by atoms with Crippen LogP contribution in [0.5, 0.6) is 0 Å². The summed E-state index contributed by atoms with van der Waals surface area (Å²) in [6.45, 7) is 6.73. The van der Waals surface area contributed by atoms with Crippen molar-refractivity contribution < 1.29 is 18.7 Å². The van der Waals surface area contributed by atoms with E-state index < -0.39 is 17.1 Å². The van der Waals surface area contributed by atoms with Crippen LogP contribution in [0.2, 0.25) is 0 Å². The van der Waals surface area contributed by atoms with Crippen LogP contribution >= 0.6 is 0 Å². The third kappa shape index (κ3) is 4.42. The Balaban J connectivity index is 1.58. The first-order chi connectivity index (χ1) is 12.7. The third-order valence-corrected chi connectivity index (χ3v) is 5.52. The average molecular weight is 376 g/mol. The van der Waals surface area contributed by atoms with Gasteiger partial charge in [-0.15, -0.1) is 0 Å². The number of carbonyl (C=O) groups is 2. The van der Waals surface area contributed by atoms with Gasteiger partial charge in [-0.25, -0.2) is 9.18 Å². The molecule has 1 saturated carbocycles. The monoisotopic (exact) mass is 376 g/mol. The van der Waals surface area contributed by atoms with Crippen LogP contribution in [-0.2, 0) is 14.9 Å². The Morgan fingerprint density at radius 2 is 1.74 bits per heavy atom. The second-order valence-electron chi connectivity index (χ2n) is 8.66. The predicted octanol–water partition coefficient (Wildman–Crippen LogP) is 3.76. The van der Waals surface area contributed by atoms with E-state index in [1.165, 1.54) is 12.1 Å². The summed E-state index contributed by atoms with van der Waals surface area (Å²) >= 11 is 0. The Labute approximate surface area is 160 Å². The maximum Gasteiger partial charge on any atom is 0.407 e. The molecule has 2 aliphatic rings. The summed E-state index contributed by atoms with van der Waals surface area (Å²) in [7, 11) is 0. The van der Waals surface area contributed by atoms with E-state index in [9.17, 15) is 14.0 Å². The van der Waals surface area contributed by atoms with Gasteiger partial charge in [-0.1, -0.05) is 18.6 Å². The summed E-state index contributed by atoms with van der Waals surface area (Å²) in [6, 6.07) is 6.36. The highest BCUT2D eigenvalue weighted by Gasteiger charge is 2.48. The van der Waals surface area contributed by atoms with Crippen molar-refractivity contribution in [1.82, 2.24) is 10.2 Å². The van der Waals surface area contributed by atoms with Crippen LogP contribution in [-0.4, -0.2) is 41.6 Å². The van der Waals surface area contributed by atoms with Crippen LogP contribution in [0, 0.1) is 5.82 Å². The lowest BCUT2D eigenvalue weighted by molar-refractivity contribution is -0.142. The standard InChI is InChI=1S/C21H29FN2O3/c1-20(2,3)27-19(26)23-17-9-13-24(14-10-17)18(25)21(11-4-12-21)15-5-7-16(22)8-6-15/h5-8,17H,4,9-14H2,1-3H3,(H,23,26). The molecule has 148 valence electrons. The van der Waals surface area contributed by atoms with Gasteiger partial charge in [0.05, 0.1) is 5.41 Å². The first-order valence-corrected chi connectivity index (χ1v) is 9.75. The van der Waals surface area contributed by atoms with Crippen molar-refractivity contribution in [2.24, 2.45) is 0 Å². The van der Waals surface area contributed by atoms with Crippen LogP contribution in [0.4, 0.5) is 9.18 Å². The summed E-state index contributed by atoms with van der Waals surface area (Å²) in [5.74, 6) is -0.147. The predicted molar refractivity (Wildman–Crippen MR) is 101 cm³/mol. The number of hydrogen-bond donors (Lipinski definition) is 1. The molecule has 0 atom stereocenters. The number of hydrogen-bond acceptors (Lipinski definition) is 3. The molecule has 1 N–H and O–H groups in total. The van der Waals surface area contributed by atoms with Crippen LogP contribution in [0.15, 0.2) is 24.3 Å². The van der Waals surface area contributed by atoms with Crippen molar-refractivity contribution in [2.75, 3.05) is 13.1 Å². The Kier molecular flexibility index (Phi) is 5.45. The molecule has 1 aliphatic heterocycles. The van der Waals surface area contributed by atoms with Gasteiger partial charge >= 0.3 is 6.09 Å². The summed E-state index contributed by atoms with van der Waals surface area (Å²) in [5.41, 5.74) is -0.111. The van der Waals surface area contributed by atoms with Crippen LogP contribution in [0.3, 0.4) is 0 Å². The lowest BCUT2D eigenvalue weighted by atomic mass is 9.63. The summed E-state index contributed by atoms with van der Waals surface area (Å²) in [6.07, 6.45) is 3.66. The smallest absolute Gasteiger partial charge is 0.407 e. The molecule has 6 heteroatoms. The maximum absolute atomic E-state index is 13.3. The second kappa shape index (κ2) is 7.49. The molecule has 27 heavy (non-hydrogen) atoms. The minimum absolute atomic E-state index is 0.0204. The van der Waals surface area contributed by atoms with E-state index in [1.807, 2.05) is 25.7 Å². The van der Waals surface area contributed by atoms with E-state index in [2.05, 4.69) is 5.32 Å². The topological polar surface area (TPSA) is 58.6 Å². The molecule has 1 heterocycles. The lowest BCUT2D eigenvalue weighted by Crippen LogP contribution is -2.55. The number of rotatable bonds is 3. The van der Waals surface area contributed by atoms with Gasteiger partial charge in [0.15, 0.2) is 0 Å². The Morgan fingerprint density at radius 3 is 2.22 bits per heavy atom. The second-order valence-corrected chi connectivity index (χ2v) is 8.66. The number of alkyl carbamates (subject to hydrolysis) is 1. The van der Waals surface area contributed by atoms with E-state index in [0.29, 0.717) is 25.9 Å². The third-order valence-electron chi connectivity index (χ3n) is 5.52. The molecule has 1 aromatic rings. The summed E-state index contributed by atoms with van der Waals surface area (Å²) < 4.78 is 18.6. The highest BCUT2D eigenvalue weighted by molar-refractivity contribution is 5.89. The molecule has 0 aromatic heterocycles. The van der Waals surface area contributed by atoms with Crippen LogP contribution in [0.25, 0.3) is 0 Å². The molecule has 5 nitrogen and oxygen atoms in total. The minimum atomic E-state index is -0.521. The molecule has 0 radical (unpaired) electrons. The molecule has 2 fully saturated rings. The fourth-order valence-electron chi connectivity index (χ4n) is 3.93. The molecular formula is C21H29FN2O3. The molecule has 2 amide bonds. The highest BCUT2D eigenvalue weighted by atomic mass is 19.1. The normalized spacial score (nSPS) is 19.9. The fourth-order valence-corrected chi connectivity index (χ4v) is 3.93. The van der Waals surface area contributed by atoms with Crippen molar-refractivity contribution >= 4 is 12.0 Å². The number of likely N-dealkylation sites (tertiary alicyclic amines) is 1. The maximum atomic E-state index is 13.3. The van der Waals surface area contributed by atoms with E-state index in [1.54, 1.807) is 12.1 Å². The first kappa shape index (κ1) is 19.6. The van der Waals surface area contributed by atoms with Crippen molar-refractivity contribution in [3.05, 3.63) is 35.6 Å². The van der Waals surface area contributed by atoms with Gasteiger partial charge in [-0.05, 0) is 64.2 Å². The van der Waals surface area contributed by atoms with E-state index >= 15 is 0 Å². The average Bonchev–Trinajstić information content (AvgIpc) is 2.54. The van der Waals surface area contributed by atoms with Crippen molar-refractivity contribution in [2.45, 2.75) is 69.9 Å². The number of benzene rings is 1. The number of nitrogens with zero attached hydrogens (tertiary/aromatic N) is 1. The van der Waals surface area contributed by atoms with Crippen molar-refractivity contribution in [3.63, 3.8) is 0 Å². The van der Waals surface area contributed by atoms with Crippen molar-refractivity contribution in [1.29, 1.82) is 0 Å². The zero-order valence-corrected chi connectivity index (χ0v) is 16.4.